The molecule has 3 nitrogen and oxygen atoms in total. The minimum absolute atomic E-state index is 0.354. The molecule has 20 heavy (non-hydrogen) atoms. The number of nitrogens with one attached hydrogen (secondary N) is 1. The molecule has 1 heterocycles. The van der Waals surface area contributed by atoms with Crippen molar-refractivity contribution in [2.75, 3.05) is 7.05 Å². The lowest BCUT2D eigenvalue weighted by atomic mass is 9.78. The number of halogens is 1. The van der Waals surface area contributed by atoms with Gasteiger partial charge in [-0.1, -0.05) is 27.7 Å². The summed E-state index contributed by atoms with van der Waals surface area (Å²) >= 11 is 3.69. The predicted octanol–water partition coefficient (Wildman–Crippen LogP) is 4.18. The van der Waals surface area contributed by atoms with Crippen LogP contribution in [0.15, 0.2) is 4.47 Å². The second-order valence-corrected chi connectivity index (χ2v) is 7.65. The van der Waals surface area contributed by atoms with Crippen LogP contribution in [0.1, 0.15) is 52.4 Å². The SMILES string of the molecule is CCn1nc(C)c(Br)c1CC(CC(C)C(C)(C)C)NC. The summed E-state index contributed by atoms with van der Waals surface area (Å²) in [6.45, 7) is 14.4. The first kappa shape index (κ1) is 17.7. The summed E-state index contributed by atoms with van der Waals surface area (Å²) in [4.78, 5) is 0. The zero-order valence-electron chi connectivity index (χ0n) is 14.0. The topological polar surface area (TPSA) is 29.9 Å². The van der Waals surface area contributed by atoms with E-state index in [1.165, 1.54) is 16.6 Å². The summed E-state index contributed by atoms with van der Waals surface area (Å²) < 4.78 is 3.29. The van der Waals surface area contributed by atoms with Crippen molar-refractivity contribution in [3.05, 3.63) is 15.9 Å². The van der Waals surface area contributed by atoms with E-state index in [4.69, 9.17) is 0 Å². The zero-order chi connectivity index (χ0) is 15.5. The van der Waals surface area contributed by atoms with E-state index in [0.717, 1.165) is 18.7 Å². The van der Waals surface area contributed by atoms with Gasteiger partial charge in [-0.05, 0) is 54.6 Å². The molecule has 0 aliphatic heterocycles. The van der Waals surface area contributed by atoms with E-state index in [1.807, 2.05) is 0 Å². The van der Waals surface area contributed by atoms with Crippen LogP contribution in [0.25, 0.3) is 0 Å². The van der Waals surface area contributed by atoms with E-state index < -0.39 is 0 Å². The van der Waals surface area contributed by atoms with Crippen LogP contribution in [0.4, 0.5) is 0 Å². The molecule has 0 aliphatic carbocycles. The summed E-state index contributed by atoms with van der Waals surface area (Å²) in [7, 11) is 2.06. The Morgan fingerprint density at radius 3 is 2.40 bits per heavy atom. The Morgan fingerprint density at radius 2 is 1.95 bits per heavy atom. The van der Waals surface area contributed by atoms with Crippen LogP contribution >= 0.6 is 15.9 Å². The number of likely N-dealkylation sites (N-methyl/N-ethyl adjacent to an activating group) is 1. The van der Waals surface area contributed by atoms with Gasteiger partial charge in [-0.3, -0.25) is 4.68 Å². The van der Waals surface area contributed by atoms with E-state index in [1.54, 1.807) is 0 Å². The standard InChI is InChI=1S/C16H30BrN3/c1-8-20-14(15(17)12(3)19-20)10-13(18-7)9-11(2)16(4,5)6/h11,13,18H,8-10H2,1-7H3. The van der Waals surface area contributed by atoms with Crippen LogP contribution in [-0.4, -0.2) is 22.9 Å². The Morgan fingerprint density at radius 1 is 1.35 bits per heavy atom. The Labute approximate surface area is 132 Å². The van der Waals surface area contributed by atoms with Gasteiger partial charge in [0.1, 0.15) is 0 Å². The predicted molar refractivity (Wildman–Crippen MR) is 90.1 cm³/mol. The molecule has 116 valence electrons. The first-order chi connectivity index (χ1) is 9.20. The van der Waals surface area contributed by atoms with Gasteiger partial charge >= 0.3 is 0 Å². The molecule has 0 fully saturated rings. The molecule has 0 saturated carbocycles. The maximum Gasteiger partial charge on any atom is 0.0738 e. The maximum atomic E-state index is 4.59. The van der Waals surface area contributed by atoms with Crippen molar-refractivity contribution in [2.24, 2.45) is 11.3 Å². The lowest BCUT2D eigenvalue weighted by Crippen LogP contribution is -2.33. The Bertz CT molecular complexity index is 432. The average molecular weight is 344 g/mol. The molecule has 1 N–H and O–H groups in total. The highest BCUT2D eigenvalue weighted by Crippen LogP contribution is 2.30. The van der Waals surface area contributed by atoms with Crippen molar-refractivity contribution in [3.8, 4) is 0 Å². The van der Waals surface area contributed by atoms with Crippen molar-refractivity contribution in [1.29, 1.82) is 0 Å². The second kappa shape index (κ2) is 7.08. The molecule has 0 saturated heterocycles. The fraction of sp³-hybridized carbons (Fsp3) is 0.812. The van der Waals surface area contributed by atoms with Gasteiger partial charge in [0.05, 0.1) is 15.9 Å². The highest BCUT2D eigenvalue weighted by atomic mass is 79.9. The van der Waals surface area contributed by atoms with Gasteiger partial charge in [0.15, 0.2) is 0 Å². The molecule has 2 atom stereocenters. The third-order valence-corrected chi connectivity index (χ3v) is 5.45. The molecule has 4 heteroatoms. The van der Waals surface area contributed by atoms with Crippen LogP contribution in [0.3, 0.4) is 0 Å². The first-order valence-electron chi connectivity index (χ1n) is 7.59. The van der Waals surface area contributed by atoms with Crippen molar-refractivity contribution >= 4 is 15.9 Å². The smallest absolute Gasteiger partial charge is 0.0738 e. The Hall–Kier alpha value is -0.350. The van der Waals surface area contributed by atoms with Crippen LogP contribution < -0.4 is 5.32 Å². The largest absolute Gasteiger partial charge is 0.317 e. The van der Waals surface area contributed by atoms with E-state index in [-0.39, 0.29) is 0 Å². The third-order valence-electron chi connectivity index (χ3n) is 4.42. The fourth-order valence-corrected chi connectivity index (χ4v) is 2.83. The molecule has 0 spiro atoms. The lowest BCUT2D eigenvalue weighted by Gasteiger charge is -2.31. The van der Waals surface area contributed by atoms with Crippen LogP contribution in [0.2, 0.25) is 0 Å². The summed E-state index contributed by atoms with van der Waals surface area (Å²) in [6.07, 6.45) is 2.20. The molecular weight excluding hydrogens is 314 g/mol. The van der Waals surface area contributed by atoms with Crippen molar-refractivity contribution in [1.82, 2.24) is 15.1 Å². The highest BCUT2D eigenvalue weighted by molar-refractivity contribution is 9.10. The lowest BCUT2D eigenvalue weighted by molar-refractivity contribution is 0.224. The maximum absolute atomic E-state index is 4.59. The van der Waals surface area contributed by atoms with Gasteiger partial charge in [-0.15, -0.1) is 0 Å². The average Bonchev–Trinajstić information content (AvgIpc) is 2.64. The van der Waals surface area contributed by atoms with Crippen LogP contribution in [-0.2, 0) is 13.0 Å². The number of hydrogen-bond donors (Lipinski definition) is 1. The zero-order valence-corrected chi connectivity index (χ0v) is 15.6. The quantitative estimate of drug-likeness (QED) is 0.839. The summed E-state index contributed by atoms with van der Waals surface area (Å²) in [5, 5.41) is 8.07. The van der Waals surface area contributed by atoms with Gasteiger partial charge in [0.25, 0.3) is 0 Å². The molecule has 0 radical (unpaired) electrons. The molecule has 0 aromatic carbocycles. The molecule has 0 aliphatic rings. The van der Waals surface area contributed by atoms with Gasteiger partial charge in [0, 0.05) is 19.0 Å². The van der Waals surface area contributed by atoms with Gasteiger partial charge < -0.3 is 5.32 Å². The molecule has 0 bridgehead atoms. The number of rotatable bonds is 6. The van der Waals surface area contributed by atoms with E-state index in [0.29, 0.717) is 17.4 Å². The number of aromatic nitrogens is 2. The number of nitrogens with zero attached hydrogens (tertiary/aromatic N) is 2. The Kier molecular flexibility index (Phi) is 6.26. The van der Waals surface area contributed by atoms with Crippen molar-refractivity contribution in [3.63, 3.8) is 0 Å². The Balaban J connectivity index is 2.84. The first-order valence-corrected chi connectivity index (χ1v) is 8.39. The van der Waals surface area contributed by atoms with Gasteiger partial charge in [-0.25, -0.2) is 0 Å². The number of aryl methyl sites for hydroxylation is 2. The molecule has 0 amide bonds. The van der Waals surface area contributed by atoms with E-state index >= 15 is 0 Å². The van der Waals surface area contributed by atoms with Crippen molar-refractivity contribution < 1.29 is 0 Å². The molecule has 2 unspecified atom stereocenters. The minimum atomic E-state index is 0.354. The highest BCUT2D eigenvalue weighted by Gasteiger charge is 2.24. The summed E-state index contributed by atoms with van der Waals surface area (Å²) in [6, 6.07) is 0.488. The fourth-order valence-electron chi connectivity index (χ4n) is 2.38. The van der Waals surface area contributed by atoms with Gasteiger partial charge in [0.2, 0.25) is 0 Å². The van der Waals surface area contributed by atoms with E-state index in [2.05, 4.69) is 79.6 Å². The molecule has 1 aromatic heterocycles. The third kappa shape index (κ3) is 4.32. The van der Waals surface area contributed by atoms with Crippen molar-refractivity contribution in [2.45, 2.75) is 67.0 Å². The number of hydrogen-bond acceptors (Lipinski definition) is 2. The second-order valence-electron chi connectivity index (χ2n) is 6.85. The van der Waals surface area contributed by atoms with Gasteiger partial charge in [-0.2, -0.15) is 5.10 Å². The normalized spacial score (nSPS) is 15.4. The summed E-state index contributed by atoms with van der Waals surface area (Å²) in [5.74, 6) is 0.679. The minimum Gasteiger partial charge on any atom is -0.317 e. The molecule has 1 rings (SSSR count). The summed E-state index contributed by atoms with van der Waals surface area (Å²) in [5.41, 5.74) is 2.75. The molecular formula is C16H30BrN3. The van der Waals surface area contributed by atoms with Crippen LogP contribution in [0, 0.1) is 18.3 Å². The van der Waals surface area contributed by atoms with E-state index in [9.17, 15) is 0 Å². The monoisotopic (exact) mass is 343 g/mol. The molecule has 1 aromatic rings. The van der Waals surface area contributed by atoms with Crippen LogP contribution in [0.5, 0.6) is 0 Å².